The van der Waals surface area contributed by atoms with Crippen LogP contribution in [0.1, 0.15) is 219 Å². The highest BCUT2D eigenvalue weighted by molar-refractivity contribution is 5.76. The van der Waals surface area contributed by atoms with Gasteiger partial charge in [0, 0.05) is 12.8 Å². The highest BCUT2D eigenvalue weighted by Crippen LogP contribution is 2.13. The number of allylic oxidation sites excluding steroid dienone is 7. The van der Waals surface area contributed by atoms with E-state index in [0.29, 0.717) is 19.4 Å². The molecule has 0 saturated heterocycles. The number of ether oxygens (including phenoxy) is 1. The third kappa shape index (κ3) is 39.5. The quantitative estimate of drug-likeness (QED) is 0.0328. The molecule has 1 amide bonds. The molecule has 0 saturated carbocycles. The molecule has 6 heteroatoms. The normalized spacial score (nSPS) is 13.2. The van der Waals surface area contributed by atoms with Crippen molar-refractivity contribution in [2.75, 3.05) is 13.2 Å². The molecule has 54 heavy (non-hydrogen) atoms. The number of amides is 1. The van der Waals surface area contributed by atoms with Crippen LogP contribution in [0.3, 0.4) is 0 Å². The fourth-order valence-corrected chi connectivity index (χ4v) is 6.48. The molecule has 0 aliphatic carbocycles. The standard InChI is InChI=1S/C48H87NO5/c1-3-5-7-9-11-13-15-17-18-19-21-26-30-34-38-42-48(53)54-43-39-35-31-27-23-22-25-29-33-37-41-47(52)49-45(44-50)46(51)40-36-32-28-24-20-16-14-12-10-8-6-4-2/h11,13,17-18,23,27,36,40,45-46,50-51H,3-10,12,14-16,19-22,24-26,28-35,37-39,41-44H2,1-2H3,(H,49,52)/b13-11-,18-17-,27-23-,40-36+. The lowest BCUT2D eigenvalue weighted by molar-refractivity contribution is -0.143. The zero-order chi connectivity index (χ0) is 39.4. The molecule has 0 aliphatic rings. The molecule has 2 atom stereocenters. The van der Waals surface area contributed by atoms with Gasteiger partial charge in [0.2, 0.25) is 5.91 Å². The number of nitrogens with one attached hydrogen (secondary N) is 1. The van der Waals surface area contributed by atoms with Gasteiger partial charge in [-0.15, -0.1) is 0 Å². The van der Waals surface area contributed by atoms with Crippen molar-refractivity contribution >= 4 is 11.9 Å². The lowest BCUT2D eigenvalue weighted by Crippen LogP contribution is -2.45. The van der Waals surface area contributed by atoms with Gasteiger partial charge >= 0.3 is 5.97 Å². The maximum absolute atomic E-state index is 12.4. The molecule has 6 nitrogen and oxygen atoms in total. The second-order valence-electron chi connectivity index (χ2n) is 15.4. The minimum atomic E-state index is -0.866. The molecular formula is C48H87NO5. The zero-order valence-electron chi connectivity index (χ0n) is 35.4. The zero-order valence-corrected chi connectivity index (χ0v) is 35.4. The summed E-state index contributed by atoms with van der Waals surface area (Å²) in [5, 5.41) is 22.9. The van der Waals surface area contributed by atoms with Crippen LogP contribution in [-0.2, 0) is 14.3 Å². The first-order chi connectivity index (χ1) is 26.5. The largest absolute Gasteiger partial charge is 0.466 e. The molecule has 0 aromatic heterocycles. The van der Waals surface area contributed by atoms with Gasteiger partial charge in [-0.1, -0.05) is 165 Å². The number of carbonyl (C=O) groups excluding carboxylic acids is 2. The van der Waals surface area contributed by atoms with E-state index in [1.807, 2.05) is 6.08 Å². The maximum atomic E-state index is 12.4. The lowest BCUT2D eigenvalue weighted by atomic mass is 10.1. The van der Waals surface area contributed by atoms with E-state index in [4.69, 9.17) is 4.74 Å². The Balaban J connectivity index is 3.60. The van der Waals surface area contributed by atoms with Crippen LogP contribution in [0.4, 0.5) is 0 Å². The molecule has 2 unspecified atom stereocenters. The van der Waals surface area contributed by atoms with E-state index in [0.717, 1.165) is 89.9 Å². The van der Waals surface area contributed by atoms with Crippen molar-refractivity contribution in [3.63, 3.8) is 0 Å². The third-order valence-corrected chi connectivity index (χ3v) is 10.1. The smallest absolute Gasteiger partial charge is 0.305 e. The summed E-state index contributed by atoms with van der Waals surface area (Å²) < 4.78 is 5.41. The van der Waals surface area contributed by atoms with Gasteiger partial charge in [0.25, 0.3) is 0 Å². The number of hydrogen-bond acceptors (Lipinski definition) is 5. The van der Waals surface area contributed by atoms with E-state index in [1.165, 1.54) is 103 Å². The van der Waals surface area contributed by atoms with E-state index >= 15 is 0 Å². The summed E-state index contributed by atoms with van der Waals surface area (Å²) in [7, 11) is 0. The minimum Gasteiger partial charge on any atom is -0.466 e. The summed E-state index contributed by atoms with van der Waals surface area (Å²) >= 11 is 0. The summed E-state index contributed by atoms with van der Waals surface area (Å²) in [4.78, 5) is 24.4. The molecule has 0 fully saturated rings. The number of unbranched alkanes of at least 4 members (excludes halogenated alkanes) is 24. The van der Waals surface area contributed by atoms with Gasteiger partial charge in [-0.2, -0.15) is 0 Å². The van der Waals surface area contributed by atoms with Gasteiger partial charge in [0.1, 0.15) is 0 Å². The van der Waals surface area contributed by atoms with Gasteiger partial charge in [-0.25, -0.2) is 0 Å². The molecule has 0 radical (unpaired) electrons. The Morgan fingerprint density at radius 1 is 0.519 bits per heavy atom. The van der Waals surface area contributed by atoms with Gasteiger partial charge in [-0.3, -0.25) is 9.59 Å². The molecule has 0 aromatic carbocycles. The average molecular weight is 758 g/mol. The van der Waals surface area contributed by atoms with E-state index in [2.05, 4.69) is 55.6 Å². The molecule has 0 spiro atoms. The topological polar surface area (TPSA) is 95.9 Å². The predicted octanol–water partition coefficient (Wildman–Crippen LogP) is 13.1. The van der Waals surface area contributed by atoms with Crippen molar-refractivity contribution < 1.29 is 24.5 Å². The monoisotopic (exact) mass is 758 g/mol. The summed E-state index contributed by atoms with van der Waals surface area (Å²) in [6, 6.07) is -0.653. The Labute approximate surface area is 334 Å². The maximum Gasteiger partial charge on any atom is 0.305 e. The minimum absolute atomic E-state index is 0.0540. The van der Waals surface area contributed by atoms with Gasteiger partial charge in [0.05, 0.1) is 25.4 Å². The van der Waals surface area contributed by atoms with Crippen LogP contribution >= 0.6 is 0 Å². The summed E-state index contributed by atoms with van der Waals surface area (Å²) in [5.41, 5.74) is 0. The van der Waals surface area contributed by atoms with Crippen LogP contribution in [0, 0.1) is 0 Å². The van der Waals surface area contributed by atoms with Crippen LogP contribution < -0.4 is 5.32 Å². The van der Waals surface area contributed by atoms with Crippen LogP contribution in [0.25, 0.3) is 0 Å². The number of aliphatic hydroxyl groups is 2. The van der Waals surface area contributed by atoms with E-state index in [9.17, 15) is 19.8 Å². The molecule has 314 valence electrons. The summed E-state index contributed by atoms with van der Waals surface area (Å²) in [6.07, 6.45) is 52.4. The summed E-state index contributed by atoms with van der Waals surface area (Å²) in [6.45, 7) is 4.75. The third-order valence-electron chi connectivity index (χ3n) is 10.1. The number of aliphatic hydroxyl groups excluding tert-OH is 2. The molecule has 0 aromatic rings. The second-order valence-corrected chi connectivity index (χ2v) is 15.4. The number of rotatable bonds is 41. The first kappa shape index (κ1) is 51.8. The Kier molecular flexibility index (Phi) is 41.8. The molecule has 3 N–H and O–H groups in total. The van der Waals surface area contributed by atoms with Crippen molar-refractivity contribution in [3.05, 3.63) is 48.6 Å². The Bertz CT molecular complexity index is 926. The van der Waals surface area contributed by atoms with Crippen LogP contribution in [-0.4, -0.2) is 47.4 Å². The first-order valence-electron chi connectivity index (χ1n) is 22.9. The molecular weight excluding hydrogens is 671 g/mol. The van der Waals surface area contributed by atoms with Gasteiger partial charge in [-0.05, 0) is 89.9 Å². The van der Waals surface area contributed by atoms with Gasteiger partial charge in [0.15, 0.2) is 0 Å². The Morgan fingerprint density at radius 2 is 0.926 bits per heavy atom. The van der Waals surface area contributed by atoms with Crippen molar-refractivity contribution in [2.45, 2.75) is 231 Å². The Morgan fingerprint density at radius 3 is 1.46 bits per heavy atom. The summed E-state index contributed by atoms with van der Waals surface area (Å²) in [5.74, 6) is -0.162. The van der Waals surface area contributed by atoms with Crippen molar-refractivity contribution in [2.24, 2.45) is 0 Å². The first-order valence-corrected chi connectivity index (χ1v) is 22.9. The Hall–Kier alpha value is -2.18. The van der Waals surface area contributed by atoms with Crippen molar-refractivity contribution in [1.82, 2.24) is 5.32 Å². The van der Waals surface area contributed by atoms with E-state index < -0.39 is 12.1 Å². The SMILES string of the molecule is CCCCC/C=C\C/C=C\CCCCCCCC(=O)OCCCC/C=C\CCCCCCC(=O)NC(CO)C(O)/C=C/CCCCCCCCCCCC. The number of carbonyl (C=O) groups is 2. The molecule has 0 aliphatic heterocycles. The molecule has 0 rings (SSSR count). The number of esters is 1. The van der Waals surface area contributed by atoms with Crippen LogP contribution in [0.5, 0.6) is 0 Å². The average Bonchev–Trinajstić information content (AvgIpc) is 3.17. The van der Waals surface area contributed by atoms with E-state index in [-0.39, 0.29) is 18.5 Å². The number of hydrogen-bond donors (Lipinski definition) is 3. The van der Waals surface area contributed by atoms with Crippen LogP contribution in [0.2, 0.25) is 0 Å². The fraction of sp³-hybridized carbons (Fsp3) is 0.792. The molecule has 0 heterocycles. The lowest BCUT2D eigenvalue weighted by Gasteiger charge is -2.20. The second kappa shape index (κ2) is 43.5. The van der Waals surface area contributed by atoms with Crippen LogP contribution in [0.15, 0.2) is 48.6 Å². The fourth-order valence-electron chi connectivity index (χ4n) is 6.48. The highest BCUT2D eigenvalue weighted by atomic mass is 16.5. The molecule has 0 bridgehead atoms. The van der Waals surface area contributed by atoms with E-state index in [1.54, 1.807) is 6.08 Å². The van der Waals surface area contributed by atoms with Gasteiger partial charge < -0.3 is 20.3 Å². The van der Waals surface area contributed by atoms with Crippen molar-refractivity contribution in [3.8, 4) is 0 Å². The predicted molar refractivity (Wildman–Crippen MR) is 232 cm³/mol. The highest BCUT2D eigenvalue weighted by Gasteiger charge is 2.18. The van der Waals surface area contributed by atoms with Crippen molar-refractivity contribution in [1.29, 1.82) is 0 Å².